The van der Waals surface area contributed by atoms with Crippen LogP contribution in [0.3, 0.4) is 0 Å². The number of ether oxygens (including phenoxy) is 2. The van der Waals surface area contributed by atoms with E-state index >= 15 is 0 Å². The van der Waals surface area contributed by atoms with Gasteiger partial charge < -0.3 is 26.3 Å². The van der Waals surface area contributed by atoms with Crippen LogP contribution in [0.5, 0.6) is 11.5 Å². The lowest BCUT2D eigenvalue weighted by atomic mass is 10.2. The molecule has 2 aromatic rings. The average Bonchev–Trinajstić information content (AvgIpc) is 3.13. The van der Waals surface area contributed by atoms with Gasteiger partial charge in [-0.15, -0.1) is 12.4 Å². The van der Waals surface area contributed by atoms with E-state index in [0.29, 0.717) is 35.7 Å². The molecule has 0 unspecified atom stereocenters. The number of rotatable bonds is 6. The fourth-order valence-electron chi connectivity index (χ4n) is 2.79. The molecule has 0 aliphatic carbocycles. The first-order valence-corrected chi connectivity index (χ1v) is 8.40. The van der Waals surface area contributed by atoms with Crippen LogP contribution < -0.4 is 21.5 Å². The highest BCUT2D eigenvalue weighted by molar-refractivity contribution is 5.96. The Morgan fingerprint density at radius 2 is 1.81 bits per heavy atom. The summed E-state index contributed by atoms with van der Waals surface area (Å²) in [6, 6.07) is 13.6. The Hall–Kier alpha value is -2.61. The van der Waals surface area contributed by atoms with Gasteiger partial charge in [0.15, 0.2) is 0 Å². The number of hydrogen-bond acceptors (Lipinski definition) is 5. The molecule has 3 rings (SSSR count). The summed E-state index contributed by atoms with van der Waals surface area (Å²) in [5, 5.41) is 2.81. The van der Waals surface area contributed by atoms with Crippen molar-refractivity contribution in [3.63, 3.8) is 0 Å². The number of nitrogens with one attached hydrogen (secondary N) is 1. The minimum atomic E-state index is -0.558. The molecule has 0 saturated carbocycles. The Bertz CT molecular complexity index is 798. The number of halogens is 1. The molecule has 5 N–H and O–H groups in total. The van der Waals surface area contributed by atoms with Gasteiger partial charge in [-0.2, -0.15) is 0 Å². The lowest BCUT2D eigenvalue weighted by molar-refractivity contribution is -0.126. The first-order chi connectivity index (χ1) is 12.6. The van der Waals surface area contributed by atoms with Gasteiger partial charge in [-0.1, -0.05) is 12.1 Å². The third kappa shape index (κ3) is 5.19. The Balaban J connectivity index is 0.00000261. The van der Waals surface area contributed by atoms with Crippen LogP contribution in [0, 0.1) is 0 Å². The minimum absolute atomic E-state index is 0. The fourth-order valence-corrected chi connectivity index (χ4v) is 2.79. The molecule has 1 heterocycles. The summed E-state index contributed by atoms with van der Waals surface area (Å²) in [6.07, 6.45) is 0.938. The normalized spacial score (nSPS) is 18.4. The van der Waals surface area contributed by atoms with Gasteiger partial charge in [-0.05, 0) is 49.2 Å². The summed E-state index contributed by atoms with van der Waals surface area (Å²) in [6.45, 7) is 0.419. The molecule has 1 fully saturated rings. The van der Waals surface area contributed by atoms with Crippen molar-refractivity contribution in [3.8, 4) is 11.5 Å². The Morgan fingerprint density at radius 3 is 2.44 bits per heavy atom. The zero-order chi connectivity index (χ0) is 18.5. The van der Waals surface area contributed by atoms with E-state index < -0.39 is 12.0 Å². The van der Waals surface area contributed by atoms with Crippen molar-refractivity contribution in [2.45, 2.75) is 25.0 Å². The van der Waals surface area contributed by atoms with Crippen LogP contribution in [0.2, 0.25) is 0 Å². The van der Waals surface area contributed by atoms with E-state index in [4.69, 9.17) is 20.9 Å². The number of amides is 2. The molecule has 27 heavy (non-hydrogen) atoms. The molecule has 0 spiro atoms. The molecule has 2 amide bonds. The molecule has 2 atom stereocenters. The minimum Gasteiger partial charge on any atom is -0.457 e. The van der Waals surface area contributed by atoms with Gasteiger partial charge in [0.1, 0.15) is 17.6 Å². The first kappa shape index (κ1) is 20.7. The topological polar surface area (TPSA) is 117 Å². The van der Waals surface area contributed by atoms with Gasteiger partial charge in [-0.3, -0.25) is 9.59 Å². The predicted molar refractivity (Wildman–Crippen MR) is 104 cm³/mol. The second-order valence-electron chi connectivity index (χ2n) is 6.04. The van der Waals surface area contributed by atoms with E-state index in [2.05, 4.69) is 5.32 Å². The second-order valence-corrected chi connectivity index (χ2v) is 6.04. The number of carbonyl (C=O) groups excluding carboxylic acids is 2. The largest absolute Gasteiger partial charge is 0.457 e. The summed E-state index contributed by atoms with van der Waals surface area (Å²) in [5.41, 5.74) is 11.8. The standard InChI is InChI=1S/C19H21N3O4.ClH/c20-11-14-9-10-17(26-14)19(24)22-12-5-7-13(8-6-12)25-16-4-2-1-3-15(16)18(21)23;/h1-8,14,17H,9-11,20H2,(H2,21,23)(H,22,24);1H/t14-,17+;/m1./s1. The van der Waals surface area contributed by atoms with E-state index in [0.717, 1.165) is 6.42 Å². The smallest absolute Gasteiger partial charge is 0.253 e. The fraction of sp³-hybridized carbons (Fsp3) is 0.263. The van der Waals surface area contributed by atoms with Gasteiger partial charge in [0.25, 0.3) is 11.8 Å². The van der Waals surface area contributed by atoms with Crippen LogP contribution >= 0.6 is 12.4 Å². The molecule has 1 saturated heterocycles. The predicted octanol–water partition coefficient (Wildman–Crippen LogP) is 2.44. The van der Waals surface area contributed by atoms with Crippen molar-refractivity contribution < 1.29 is 19.1 Å². The van der Waals surface area contributed by atoms with Gasteiger partial charge in [0.05, 0.1) is 11.7 Å². The van der Waals surface area contributed by atoms with E-state index in [1.54, 1.807) is 48.5 Å². The quantitative estimate of drug-likeness (QED) is 0.699. The zero-order valence-corrected chi connectivity index (χ0v) is 15.4. The lowest BCUT2D eigenvalue weighted by Gasteiger charge is -2.13. The molecule has 0 aromatic heterocycles. The molecule has 144 valence electrons. The summed E-state index contributed by atoms with van der Waals surface area (Å²) < 4.78 is 11.3. The Labute approximate surface area is 163 Å². The number of benzene rings is 2. The number of primary amides is 1. The number of hydrogen-bond donors (Lipinski definition) is 3. The van der Waals surface area contributed by atoms with Crippen LogP contribution in [0.4, 0.5) is 5.69 Å². The van der Waals surface area contributed by atoms with Gasteiger partial charge in [0.2, 0.25) is 0 Å². The van der Waals surface area contributed by atoms with Crippen LogP contribution in [-0.2, 0) is 9.53 Å². The number of para-hydroxylation sites is 1. The third-order valence-electron chi connectivity index (χ3n) is 4.17. The lowest BCUT2D eigenvalue weighted by Crippen LogP contribution is -2.29. The average molecular weight is 392 g/mol. The molecule has 8 heteroatoms. The maximum atomic E-state index is 12.2. The third-order valence-corrected chi connectivity index (χ3v) is 4.17. The van der Waals surface area contributed by atoms with Gasteiger partial charge >= 0.3 is 0 Å². The number of anilines is 1. The number of carbonyl (C=O) groups is 2. The SMILES string of the molecule is Cl.NC[C@H]1CC[C@@H](C(=O)Nc2ccc(Oc3ccccc3C(N)=O)cc2)O1. The highest BCUT2D eigenvalue weighted by Gasteiger charge is 2.29. The molecule has 0 bridgehead atoms. The summed E-state index contributed by atoms with van der Waals surface area (Å²) in [4.78, 5) is 23.6. The van der Waals surface area contributed by atoms with Gasteiger partial charge in [-0.25, -0.2) is 0 Å². The molecular weight excluding hydrogens is 370 g/mol. The molecule has 1 aliphatic heterocycles. The van der Waals surface area contributed by atoms with Crippen LogP contribution in [0.15, 0.2) is 48.5 Å². The van der Waals surface area contributed by atoms with Crippen LogP contribution in [0.1, 0.15) is 23.2 Å². The van der Waals surface area contributed by atoms with Crippen molar-refractivity contribution >= 4 is 29.9 Å². The Kier molecular flexibility index (Phi) is 7.18. The summed E-state index contributed by atoms with van der Waals surface area (Å²) in [5.74, 6) is 0.159. The van der Waals surface area contributed by atoms with Crippen molar-refractivity contribution in [3.05, 3.63) is 54.1 Å². The molecule has 2 aromatic carbocycles. The number of nitrogens with two attached hydrogens (primary N) is 2. The molecular formula is C19H22ClN3O4. The van der Waals surface area contributed by atoms with Gasteiger partial charge in [0, 0.05) is 12.2 Å². The van der Waals surface area contributed by atoms with E-state index in [-0.39, 0.29) is 24.4 Å². The molecule has 0 radical (unpaired) electrons. The van der Waals surface area contributed by atoms with E-state index in [1.165, 1.54) is 0 Å². The van der Waals surface area contributed by atoms with Crippen molar-refractivity contribution in [2.24, 2.45) is 11.5 Å². The maximum Gasteiger partial charge on any atom is 0.253 e. The summed E-state index contributed by atoms with van der Waals surface area (Å²) >= 11 is 0. The maximum absolute atomic E-state index is 12.2. The van der Waals surface area contributed by atoms with E-state index in [1.807, 2.05) is 0 Å². The van der Waals surface area contributed by atoms with Crippen molar-refractivity contribution in [1.29, 1.82) is 0 Å². The van der Waals surface area contributed by atoms with Crippen LogP contribution in [0.25, 0.3) is 0 Å². The van der Waals surface area contributed by atoms with Crippen LogP contribution in [-0.4, -0.2) is 30.6 Å². The zero-order valence-electron chi connectivity index (χ0n) is 14.6. The first-order valence-electron chi connectivity index (χ1n) is 8.40. The monoisotopic (exact) mass is 391 g/mol. The van der Waals surface area contributed by atoms with Crippen molar-refractivity contribution in [2.75, 3.05) is 11.9 Å². The molecule has 7 nitrogen and oxygen atoms in total. The molecule has 1 aliphatic rings. The van der Waals surface area contributed by atoms with E-state index in [9.17, 15) is 9.59 Å². The Morgan fingerprint density at radius 1 is 1.11 bits per heavy atom. The highest BCUT2D eigenvalue weighted by Crippen LogP contribution is 2.26. The van der Waals surface area contributed by atoms with Crippen molar-refractivity contribution in [1.82, 2.24) is 0 Å². The highest BCUT2D eigenvalue weighted by atomic mass is 35.5. The second kappa shape index (κ2) is 9.36. The summed E-state index contributed by atoms with van der Waals surface area (Å²) in [7, 11) is 0.